The Morgan fingerprint density at radius 1 is 1.20 bits per heavy atom. The van der Waals surface area contributed by atoms with Gasteiger partial charge in [-0.25, -0.2) is 0 Å². The summed E-state index contributed by atoms with van der Waals surface area (Å²) >= 11 is 5.87. The highest BCUT2D eigenvalue weighted by atomic mass is 35.5. The van der Waals surface area contributed by atoms with E-state index in [2.05, 4.69) is 0 Å². The number of aryl methyl sites for hydroxylation is 1. The quantitative estimate of drug-likeness (QED) is 0.679. The van der Waals surface area contributed by atoms with Crippen molar-refractivity contribution in [3.63, 3.8) is 0 Å². The van der Waals surface area contributed by atoms with Crippen LogP contribution in [0.4, 0.5) is 5.69 Å². The van der Waals surface area contributed by atoms with Crippen molar-refractivity contribution in [3.8, 4) is 5.75 Å². The summed E-state index contributed by atoms with van der Waals surface area (Å²) in [5.74, 6) is 0.566. The molecule has 2 aromatic rings. The molecule has 0 atom stereocenters. The number of nitrogen functional groups attached to an aromatic ring is 1. The second-order valence-corrected chi connectivity index (χ2v) is 5.24. The maximum absolute atomic E-state index is 12.6. The zero-order valence-electron chi connectivity index (χ0n) is 10.9. The van der Waals surface area contributed by atoms with E-state index >= 15 is 0 Å². The zero-order chi connectivity index (χ0) is 14.1. The average molecular weight is 288 g/mol. The first kappa shape index (κ1) is 13.0. The first-order valence-electron chi connectivity index (χ1n) is 6.51. The zero-order valence-corrected chi connectivity index (χ0v) is 11.6. The summed E-state index contributed by atoms with van der Waals surface area (Å²) in [6.45, 7) is 0.646. The summed E-state index contributed by atoms with van der Waals surface area (Å²) in [4.78, 5) is 12.6. The van der Waals surface area contributed by atoms with Crippen LogP contribution in [-0.4, -0.2) is 12.4 Å². The highest BCUT2D eigenvalue weighted by Crippen LogP contribution is 2.31. The van der Waals surface area contributed by atoms with Gasteiger partial charge in [0.1, 0.15) is 5.75 Å². The number of anilines is 1. The number of halogens is 1. The number of ether oxygens (including phenoxy) is 1. The molecule has 0 spiro atoms. The van der Waals surface area contributed by atoms with Gasteiger partial charge in [-0.15, -0.1) is 0 Å². The topological polar surface area (TPSA) is 52.3 Å². The third-order valence-electron chi connectivity index (χ3n) is 3.44. The predicted molar refractivity (Wildman–Crippen MR) is 79.6 cm³/mol. The van der Waals surface area contributed by atoms with Crippen molar-refractivity contribution in [2.75, 3.05) is 12.3 Å². The number of rotatable bonds is 2. The lowest BCUT2D eigenvalue weighted by atomic mass is 9.96. The molecule has 0 bridgehead atoms. The van der Waals surface area contributed by atoms with Crippen molar-refractivity contribution in [2.45, 2.75) is 12.8 Å². The molecule has 102 valence electrons. The Labute approximate surface area is 122 Å². The Hall–Kier alpha value is -2.00. The number of hydrogen-bond donors (Lipinski definition) is 1. The Kier molecular flexibility index (Phi) is 3.36. The third kappa shape index (κ3) is 2.25. The van der Waals surface area contributed by atoms with Crippen LogP contribution >= 0.6 is 11.6 Å². The normalized spacial score (nSPS) is 13.4. The second-order valence-electron chi connectivity index (χ2n) is 4.81. The van der Waals surface area contributed by atoms with Gasteiger partial charge in [-0.3, -0.25) is 4.79 Å². The minimum Gasteiger partial charge on any atom is -0.493 e. The monoisotopic (exact) mass is 287 g/mol. The molecule has 0 amide bonds. The molecule has 20 heavy (non-hydrogen) atoms. The molecule has 0 fully saturated rings. The van der Waals surface area contributed by atoms with Gasteiger partial charge >= 0.3 is 0 Å². The van der Waals surface area contributed by atoms with Crippen molar-refractivity contribution in [1.29, 1.82) is 0 Å². The molecule has 0 aromatic heterocycles. The predicted octanol–water partition coefficient (Wildman–Crippen LogP) is 3.48. The lowest BCUT2D eigenvalue weighted by Crippen LogP contribution is -2.14. The van der Waals surface area contributed by atoms with Crippen LogP contribution in [0.2, 0.25) is 5.02 Å². The molecule has 1 aliphatic heterocycles. The molecule has 0 radical (unpaired) electrons. The van der Waals surface area contributed by atoms with Crippen LogP contribution in [-0.2, 0) is 6.42 Å². The average Bonchev–Trinajstić information content (AvgIpc) is 2.46. The first-order chi connectivity index (χ1) is 9.66. The highest BCUT2D eigenvalue weighted by Gasteiger charge is 2.21. The van der Waals surface area contributed by atoms with E-state index in [1.165, 1.54) is 0 Å². The largest absolute Gasteiger partial charge is 0.493 e. The minimum absolute atomic E-state index is 0.127. The van der Waals surface area contributed by atoms with Crippen molar-refractivity contribution >= 4 is 23.1 Å². The lowest BCUT2D eigenvalue weighted by molar-refractivity contribution is 0.103. The number of nitrogens with two attached hydrogens (primary N) is 1. The number of hydrogen-bond acceptors (Lipinski definition) is 3. The maximum atomic E-state index is 12.6. The van der Waals surface area contributed by atoms with E-state index in [4.69, 9.17) is 22.1 Å². The second kappa shape index (κ2) is 5.17. The summed E-state index contributed by atoms with van der Waals surface area (Å²) in [5, 5.41) is 0.519. The molecule has 3 nitrogen and oxygen atoms in total. The van der Waals surface area contributed by atoms with E-state index in [0.29, 0.717) is 34.2 Å². The summed E-state index contributed by atoms with van der Waals surface area (Å²) in [6.07, 6.45) is 1.92. The number of carbonyl (C=O) groups excluding carboxylic acids is 1. The SMILES string of the molecule is Nc1cc(Cl)ccc1C(=O)c1cccc2c1OCCC2. The summed E-state index contributed by atoms with van der Waals surface area (Å²) < 4.78 is 5.67. The number of benzene rings is 2. The smallest absolute Gasteiger partial charge is 0.198 e. The van der Waals surface area contributed by atoms with E-state index in [-0.39, 0.29) is 5.78 Å². The Morgan fingerprint density at radius 3 is 2.85 bits per heavy atom. The van der Waals surface area contributed by atoms with Crippen LogP contribution in [0.15, 0.2) is 36.4 Å². The van der Waals surface area contributed by atoms with E-state index in [0.717, 1.165) is 18.4 Å². The molecule has 3 rings (SSSR count). The molecule has 1 heterocycles. The molecule has 0 saturated heterocycles. The fourth-order valence-electron chi connectivity index (χ4n) is 2.45. The van der Waals surface area contributed by atoms with Gasteiger partial charge in [-0.2, -0.15) is 0 Å². The third-order valence-corrected chi connectivity index (χ3v) is 3.67. The van der Waals surface area contributed by atoms with E-state index in [9.17, 15) is 4.79 Å². The Morgan fingerprint density at radius 2 is 2.05 bits per heavy atom. The van der Waals surface area contributed by atoms with Gasteiger partial charge in [-0.05, 0) is 42.7 Å². The van der Waals surface area contributed by atoms with Crippen LogP contribution in [0.5, 0.6) is 5.75 Å². The summed E-state index contributed by atoms with van der Waals surface area (Å²) in [5.41, 5.74) is 8.37. The van der Waals surface area contributed by atoms with Crippen molar-refractivity contribution in [2.24, 2.45) is 0 Å². The van der Waals surface area contributed by atoms with Crippen LogP contribution in [0, 0.1) is 0 Å². The van der Waals surface area contributed by atoms with Gasteiger partial charge in [0.15, 0.2) is 5.78 Å². The van der Waals surface area contributed by atoms with Gasteiger partial charge < -0.3 is 10.5 Å². The molecule has 4 heteroatoms. The van der Waals surface area contributed by atoms with Gasteiger partial charge in [0.05, 0.1) is 12.2 Å². The standard InChI is InChI=1S/C16H14ClNO2/c17-11-6-7-12(14(18)9-11)15(19)13-5-1-3-10-4-2-8-20-16(10)13/h1,3,5-7,9H,2,4,8,18H2. The van der Waals surface area contributed by atoms with Gasteiger partial charge in [0, 0.05) is 16.3 Å². The fraction of sp³-hybridized carbons (Fsp3) is 0.188. The number of fused-ring (bicyclic) bond motifs is 1. The Balaban J connectivity index is 2.07. The van der Waals surface area contributed by atoms with Crippen molar-refractivity contribution < 1.29 is 9.53 Å². The fourth-order valence-corrected chi connectivity index (χ4v) is 2.63. The van der Waals surface area contributed by atoms with Crippen LogP contribution in [0.25, 0.3) is 0 Å². The Bertz CT molecular complexity index is 682. The molecular formula is C16H14ClNO2. The van der Waals surface area contributed by atoms with Crippen LogP contribution in [0.1, 0.15) is 27.9 Å². The van der Waals surface area contributed by atoms with Gasteiger partial charge in [-0.1, -0.05) is 23.7 Å². The van der Waals surface area contributed by atoms with E-state index in [1.54, 1.807) is 24.3 Å². The molecule has 2 N–H and O–H groups in total. The van der Waals surface area contributed by atoms with Crippen molar-refractivity contribution in [1.82, 2.24) is 0 Å². The van der Waals surface area contributed by atoms with Crippen molar-refractivity contribution in [3.05, 3.63) is 58.1 Å². The minimum atomic E-state index is -0.127. The number of para-hydroxylation sites is 1. The van der Waals surface area contributed by atoms with E-state index in [1.807, 2.05) is 12.1 Å². The summed E-state index contributed by atoms with van der Waals surface area (Å²) in [6, 6.07) is 10.6. The van der Waals surface area contributed by atoms with Crippen LogP contribution in [0.3, 0.4) is 0 Å². The van der Waals surface area contributed by atoms with Crippen LogP contribution < -0.4 is 10.5 Å². The number of carbonyl (C=O) groups is 1. The summed E-state index contributed by atoms with van der Waals surface area (Å²) in [7, 11) is 0. The first-order valence-corrected chi connectivity index (χ1v) is 6.89. The molecule has 2 aromatic carbocycles. The number of ketones is 1. The lowest BCUT2D eigenvalue weighted by Gasteiger charge is -2.20. The molecular weight excluding hydrogens is 274 g/mol. The molecule has 0 saturated carbocycles. The van der Waals surface area contributed by atoms with Gasteiger partial charge in [0.2, 0.25) is 0 Å². The molecule has 0 unspecified atom stereocenters. The molecule has 1 aliphatic rings. The van der Waals surface area contributed by atoms with E-state index < -0.39 is 0 Å². The molecule has 0 aliphatic carbocycles. The maximum Gasteiger partial charge on any atom is 0.198 e. The van der Waals surface area contributed by atoms with Gasteiger partial charge in [0.25, 0.3) is 0 Å². The highest BCUT2D eigenvalue weighted by molar-refractivity contribution is 6.31.